The van der Waals surface area contributed by atoms with Gasteiger partial charge in [0.15, 0.2) is 0 Å². The van der Waals surface area contributed by atoms with E-state index in [0.717, 1.165) is 39.9 Å². The highest BCUT2D eigenvalue weighted by atomic mass is 32.1. The molecule has 2 rings (SSSR count). The van der Waals surface area contributed by atoms with Crippen molar-refractivity contribution in [1.82, 2.24) is 4.98 Å². The molecule has 1 aromatic heterocycles. The predicted molar refractivity (Wildman–Crippen MR) is 72.5 cm³/mol. The van der Waals surface area contributed by atoms with E-state index in [1.165, 1.54) is 0 Å². The Kier molecular flexibility index (Phi) is 3.64. The Labute approximate surface area is 105 Å². The lowest BCUT2D eigenvalue weighted by atomic mass is 10.1. The van der Waals surface area contributed by atoms with Crippen LogP contribution in [0.25, 0.3) is 11.3 Å². The fourth-order valence-electron chi connectivity index (χ4n) is 1.65. The van der Waals surface area contributed by atoms with Crippen molar-refractivity contribution in [1.29, 1.82) is 0 Å². The van der Waals surface area contributed by atoms with E-state index in [1.807, 2.05) is 24.3 Å². The van der Waals surface area contributed by atoms with Gasteiger partial charge in [-0.3, -0.25) is 0 Å². The number of nitrogens with two attached hydrogens (primary N) is 1. The van der Waals surface area contributed by atoms with E-state index in [9.17, 15) is 0 Å². The van der Waals surface area contributed by atoms with Crippen molar-refractivity contribution < 1.29 is 4.74 Å². The fraction of sp³-hybridized carbons (Fsp3) is 0.308. The predicted octanol–water partition coefficient (Wildman–Crippen LogP) is 3.35. The molecular weight excluding hydrogens is 232 g/mol. The van der Waals surface area contributed by atoms with Crippen molar-refractivity contribution in [2.45, 2.75) is 19.8 Å². The maximum atomic E-state index is 6.00. The third kappa shape index (κ3) is 2.58. The Bertz CT molecular complexity index is 491. The largest absolute Gasteiger partial charge is 0.497 e. The zero-order valence-electron chi connectivity index (χ0n) is 10.1. The van der Waals surface area contributed by atoms with Gasteiger partial charge in [0.1, 0.15) is 16.4 Å². The summed E-state index contributed by atoms with van der Waals surface area (Å²) in [7, 11) is 1.66. The zero-order valence-corrected chi connectivity index (χ0v) is 10.9. The molecule has 0 spiro atoms. The van der Waals surface area contributed by atoms with Gasteiger partial charge in [0.2, 0.25) is 0 Å². The van der Waals surface area contributed by atoms with E-state index < -0.39 is 0 Å². The molecule has 1 heterocycles. The lowest BCUT2D eigenvalue weighted by Gasteiger charge is -2.01. The number of hydrogen-bond donors (Lipinski definition) is 1. The molecule has 2 N–H and O–H groups in total. The smallest absolute Gasteiger partial charge is 0.118 e. The maximum Gasteiger partial charge on any atom is 0.118 e. The number of hydrogen-bond acceptors (Lipinski definition) is 4. The normalized spacial score (nSPS) is 10.5. The Morgan fingerprint density at radius 2 is 2.00 bits per heavy atom. The lowest BCUT2D eigenvalue weighted by Crippen LogP contribution is -1.87. The summed E-state index contributed by atoms with van der Waals surface area (Å²) in [6, 6.07) is 7.82. The summed E-state index contributed by atoms with van der Waals surface area (Å²) >= 11 is 1.58. The summed E-state index contributed by atoms with van der Waals surface area (Å²) in [5, 5.41) is 1.90. The van der Waals surface area contributed by atoms with E-state index in [2.05, 4.69) is 11.9 Å². The average molecular weight is 248 g/mol. The van der Waals surface area contributed by atoms with Crippen molar-refractivity contribution in [3.05, 3.63) is 29.3 Å². The number of rotatable bonds is 4. The van der Waals surface area contributed by atoms with Crippen molar-refractivity contribution >= 4 is 16.3 Å². The third-order valence-electron chi connectivity index (χ3n) is 2.52. The molecule has 2 aromatic rings. The highest BCUT2D eigenvalue weighted by Gasteiger charge is 2.10. The second-order valence-electron chi connectivity index (χ2n) is 3.80. The van der Waals surface area contributed by atoms with Crippen LogP contribution in [0.1, 0.15) is 18.4 Å². The van der Waals surface area contributed by atoms with Gasteiger partial charge in [-0.1, -0.05) is 6.92 Å². The summed E-state index contributed by atoms with van der Waals surface area (Å²) in [4.78, 5) is 4.58. The van der Waals surface area contributed by atoms with Gasteiger partial charge in [-0.2, -0.15) is 0 Å². The summed E-state index contributed by atoms with van der Waals surface area (Å²) < 4.78 is 5.13. The van der Waals surface area contributed by atoms with Crippen LogP contribution in [0.5, 0.6) is 5.75 Å². The molecule has 1 aromatic carbocycles. The Balaban J connectivity index is 2.31. The van der Waals surface area contributed by atoms with Gasteiger partial charge in [0.05, 0.1) is 12.1 Å². The number of aryl methyl sites for hydroxylation is 1. The van der Waals surface area contributed by atoms with Gasteiger partial charge in [0.25, 0.3) is 0 Å². The van der Waals surface area contributed by atoms with E-state index in [1.54, 1.807) is 18.4 Å². The first-order valence-corrected chi connectivity index (χ1v) is 6.46. The molecule has 4 heteroatoms. The molecule has 0 aliphatic rings. The number of nitrogens with zero attached hydrogens (tertiary/aromatic N) is 1. The number of aromatic nitrogens is 1. The van der Waals surface area contributed by atoms with E-state index >= 15 is 0 Å². The van der Waals surface area contributed by atoms with Gasteiger partial charge < -0.3 is 10.5 Å². The van der Waals surface area contributed by atoms with Gasteiger partial charge in [-0.25, -0.2) is 4.98 Å². The minimum atomic E-state index is 0.790. The van der Waals surface area contributed by atoms with E-state index in [4.69, 9.17) is 10.5 Å². The quantitative estimate of drug-likeness (QED) is 0.902. The van der Waals surface area contributed by atoms with Gasteiger partial charge >= 0.3 is 0 Å². The number of thiazole rings is 1. The summed E-state index contributed by atoms with van der Waals surface area (Å²) in [5.74, 6) is 0.844. The van der Waals surface area contributed by atoms with Crippen molar-refractivity contribution in [3.63, 3.8) is 0 Å². The van der Waals surface area contributed by atoms with Gasteiger partial charge in [-0.15, -0.1) is 11.3 Å². The number of ether oxygens (including phenoxy) is 1. The number of benzene rings is 1. The molecule has 0 amide bonds. The number of anilines is 1. The van der Waals surface area contributed by atoms with Crippen molar-refractivity contribution in [2.24, 2.45) is 0 Å². The second kappa shape index (κ2) is 5.19. The third-order valence-corrected chi connectivity index (χ3v) is 3.47. The molecule has 0 saturated heterocycles. The molecule has 90 valence electrons. The first-order chi connectivity index (χ1) is 8.24. The van der Waals surface area contributed by atoms with Crippen molar-refractivity contribution in [3.8, 4) is 17.0 Å². The lowest BCUT2D eigenvalue weighted by molar-refractivity contribution is 0.415. The Morgan fingerprint density at radius 1 is 1.29 bits per heavy atom. The molecule has 0 radical (unpaired) electrons. The van der Waals surface area contributed by atoms with Crippen LogP contribution in [0.15, 0.2) is 24.3 Å². The fourth-order valence-corrected chi connectivity index (χ4v) is 2.61. The molecule has 0 aliphatic carbocycles. The average Bonchev–Trinajstić information content (AvgIpc) is 2.71. The van der Waals surface area contributed by atoms with Crippen LogP contribution in [0, 0.1) is 0 Å². The Morgan fingerprint density at radius 3 is 2.59 bits per heavy atom. The molecule has 0 unspecified atom stereocenters. The Hall–Kier alpha value is -1.55. The summed E-state index contributed by atoms with van der Waals surface area (Å²) in [5.41, 5.74) is 7.93. The molecule has 0 bridgehead atoms. The van der Waals surface area contributed by atoms with E-state index in [0.29, 0.717) is 0 Å². The van der Waals surface area contributed by atoms with Crippen LogP contribution in [0.4, 0.5) is 5.00 Å². The first-order valence-electron chi connectivity index (χ1n) is 5.64. The molecule has 3 nitrogen and oxygen atoms in total. The standard InChI is InChI=1S/C13H16N2OS/c1-3-4-11-15-12(13(14)17-11)9-5-7-10(16-2)8-6-9/h5-8H,3-4,14H2,1-2H3. The maximum absolute atomic E-state index is 6.00. The van der Waals surface area contributed by atoms with Crippen molar-refractivity contribution in [2.75, 3.05) is 12.8 Å². The van der Waals surface area contributed by atoms with E-state index in [-0.39, 0.29) is 0 Å². The van der Waals surface area contributed by atoms with Crippen LogP contribution in [-0.4, -0.2) is 12.1 Å². The van der Waals surface area contributed by atoms with Crippen LogP contribution >= 0.6 is 11.3 Å². The van der Waals surface area contributed by atoms with Gasteiger partial charge in [-0.05, 0) is 37.1 Å². The van der Waals surface area contributed by atoms with Crippen LogP contribution < -0.4 is 10.5 Å². The first kappa shape index (κ1) is 11.9. The molecule has 17 heavy (non-hydrogen) atoms. The highest BCUT2D eigenvalue weighted by Crippen LogP contribution is 2.31. The minimum Gasteiger partial charge on any atom is -0.497 e. The zero-order chi connectivity index (χ0) is 12.3. The highest BCUT2D eigenvalue weighted by molar-refractivity contribution is 7.16. The van der Waals surface area contributed by atoms with Crippen LogP contribution in [0.3, 0.4) is 0 Å². The number of methoxy groups -OCH3 is 1. The molecule has 0 saturated carbocycles. The molecule has 0 fully saturated rings. The number of nitrogen functional groups attached to an aromatic ring is 1. The summed E-state index contributed by atoms with van der Waals surface area (Å²) in [6.07, 6.45) is 2.08. The van der Waals surface area contributed by atoms with Gasteiger partial charge in [0, 0.05) is 5.56 Å². The molecular formula is C13H16N2OS. The topological polar surface area (TPSA) is 48.1 Å². The summed E-state index contributed by atoms with van der Waals surface area (Å²) in [6.45, 7) is 2.14. The van der Waals surface area contributed by atoms with Crippen LogP contribution in [-0.2, 0) is 6.42 Å². The monoisotopic (exact) mass is 248 g/mol. The minimum absolute atomic E-state index is 0.790. The second-order valence-corrected chi connectivity index (χ2v) is 4.91. The van der Waals surface area contributed by atoms with Crippen LogP contribution in [0.2, 0.25) is 0 Å². The molecule has 0 atom stereocenters. The molecule has 0 aliphatic heterocycles. The SMILES string of the molecule is CCCc1nc(-c2ccc(OC)cc2)c(N)s1.